The first-order valence-electron chi connectivity index (χ1n) is 7.09. The molecule has 0 spiro atoms. The van der Waals surface area contributed by atoms with Crippen LogP contribution in [0.1, 0.15) is 24.8 Å². The van der Waals surface area contributed by atoms with Gasteiger partial charge < -0.3 is 10.6 Å². The monoisotopic (exact) mass is 286 g/mol. The first-order valence-corrected chi connectivity index (χ1v) is 7.09. The molecule has 110 valence electrons. The SMILES string of the molecule is Cc1ccc(NC(=O)CCNC2CC2)cc1-n1cnnn1. The van der Waals surface area contributed by atoms with Gasteiger partial charge in [-0.1, -0.05) is 6.07 Å². The van der Waals surface area contributed by atoms with Crippen molar-refractivity contribution in [2.75, 3.05) is 11.9 Å². The van der Waals surface area contributed by atoms with Crippen LogP contribution in [0.15, 0.2) is 24.5 Å². The number of aryl methyl sites for hydroxylation is 1. The van der Waals surface area contributed by atoms with Gasteiger partial charge in [-0.3, -0.25) is 4.79 Å². The average molecular weight is 286 g/mol. The van der Waals surface area contributed by atoms with Crippen molar-refractivity contribution in [3.63, 3.8) is 0 Å². The van der Waals surface area contributed by atoms with Gasteiger partial charge in [-0.05, 0) is 47.9 Å². The number of rotatable bonds is 6. The van der Waals surface area contributed by atoms with Crippen molar-refractivity contribution in [3.8, 4) is 5.69 Å². The van der Waals surface area contributed by atoms with Crippen molar-refractivity contribution < 1.29 is 4.79 Å². The molecule has 0 bridgehead atoms. The molecule has 7 heteroatoms. The minimum absolute atomic E-state index is 0.00895. The summed E-state index contributed by atoms with van der Waals surface area (Å²) in [5.74, 6) is 0.00895. The number of carbonyl (C=O) groups excluding carboxylic acids is 1. The van der Waals surface area contributed by atoms with Crippen LogP contribution in [0.25, 0.3) is 5.69 Å². The van der Waals surface area contributed by atoms with Gasteiger partial charge in [0.2, 0.25) is 5.91 Å². The fourth-order valence-corrected chi connectivity index (χ4v) is 2.11. The number of tetrazole rings is 1. The number of aromatic nitrogens is 4. The molecule has 1 heterocycles. The Morgan fingerprint density at radius 1 is 1.43 bits per heavy atom. The Labute approximate surface area is 122 Å². The van der Waals surface area contributed by atoms with E-state index in [9.17, 15) is 4.79 Å². The third-order valence-corrected chi connectivity index (χ3v) is 3.45. The van der Waals surface area contributed by atoms with Crippen molar-refractivity contribution in [1.82, 2.24) is 25.5 Å². The second-order valence-electron chi connectivity index (χ2n) is 5.28. The molecule has 0 aliphatic heterocycles. The molecular formula is C14H18N6O. The van der Waals surface area contributed by atoms with Crippen LogP contribution in [0.3, 0.4) is 0 Å². The van der Waals surface area contributed by atoms with E-state index in [1.54, 1.807) is 4.68 Å². The van der Waals surface area contributed by atoms with E-state index in [1.165, 1.54) is 19.2 Å². The Morgan fingerprint density at radius 3 is 3.00 bits per heavy atom. The zero-order valence-corrected chi connectivity index (χ0v) is 11.9. The molecular weight excluding hydrogens is 268 g/mol. The summed E-state index contributed by atoms with van der Waals surface area (Å²) in [6.45, 7) is 2.70. The highest BCUT2D eigenvalue weighted by Crippen LogP contribution is 2.19. The van der Waals surface area contributed by atoms with Crippen LogP contribution >= 0.6 is 0 Å². The molecule has 0 unspecified atom stereocenters. The van der Waals surface area contributed by atoms with E-state index in [0.29, 0.717) is 12.5 Å². The fraction of sp³-hybridized carbons (Fsp3) is 0.429. The van der Waals surface area contributed by atoms with Gasteiger partial charge >= 0.3 is 0 Å². The predicted molar refractivity (Wildman–Crippen MR) is 78.2 cm³/mol. The maximum Gasteiger partial charge on any atom is 0.225 e. The number of carbonyl (C=O) groups is 1. The summed E-state index contributed by atoms with van der Waals surface area (Å²) in [7, 11) is 0. The molecule has 1 saturated carbocycles. The van der Waals surface area contributed by atoms with Gasteiger partial charge in [0.05, 0.1) is 5.69 Å². The van der Waals surface area contributed by atoms with E-state index in [2.05, 4.69) is 26.2 Å². The van der Waals surface area contributed by atoms with Gasteiger partial charge in [-0.25, -0.2) is 4.68 Å². The topological polar surface area (TPSA) is 84.7 Å². The van der Waals surface area contributed by atoms with Crippen LogP contribution in [0.4, 0.5) is 5.69 Å². The van der Waals surface area contributed by atoms with Crippen LogP contribution in [0, 0.1) is 6.92 Å². The summed E-state index contributed by atoms with van der Waals surface area (Å²) < 4.78 is 1.58. The number of hydrogen-bond acceptors (Lipinski definition) is 5. The predicted octanol–water partition coefficient (Wildman–Crippen LogP) is 1.05. The summed E-state index contributed by atoms with van der Waals surface area (Å²) in [4.78, 5) is 11.9. The van der Waals surface area contributed by atoms with Crippen LogP contribution in [-0.2, 0) is 4.79 Å². The molecule has 1 aromatic heterocycles. The zero-order chi connectivity index (χ0) is 14.7. The lowest BCUT2D eigenvalue weighted by atomic mass is 10.2. The maximum atomic E-state index is 11.9. The normalized spacial score (nSPS) is 14.1. The van der Waals surface area contributed by atoms with Gasteiger partial charge in [0.15, 0.2) is 0 Å². The molecule has 0 atom stereocenters. The molecule has 1 aromatic carbocycles. The number of anilines is 1. The molecule has 0 saturated heterocycles. The first kappa shape index (κ1) is 13.7. The highest BCUT2D eigenvalue weighted by atomic mass is 16.1. The van der Waals surface area contributed by atoms with Gasteiger partial charge in [-0.2, -0.15) is 0 Å². The molecule has 2 N–H and O–H groups in total. The molecule has 1 amide bonds. The second-order valence-corrected chi connectivity index (χ2v) is 5.28. The van der Waals surface area contributed by atoms with E-state index >= 15 is 0 Å². The third-order valence-electron chi connectivity index (χ3n) is 3.45. The quantitative estimate of drug-likeness (QED) is 0.829. The highest BCUT2D eigenvalue weighted by molar-refractivity contribution is 5.91. The second kappa shape index (κ2) is 6.01. The largest absolute Gasteiger partial charge is 0.326 e. The number of hydrogen-bond donors (Lipinski definition) is 2. The minimum atomic E-state index is 0.00895. The lowest BCUT2D eigenvalue weighted by Crippen LogP contribution is -2.23. The van der Waals surface area contributed by atoms with Crippen LogP contribution in [-0.4, -0.2) is 38.7 Å². The summed E-state index contributed by atoms with van der Waals surface area (Å²) in [6, 6.07) is 6.33. The lowest BCUT2D eigenvalue weighted by molar-refractivity contribution is -0.116. The van der Waals surface area contributed by atoms with Crippen molar-refractivity contribution in [2.24, 2.45) is 0 Å². The standard InChI is InChI=1S/C14H18N6O/c1-10-2-3-12(8-13(10)20-9-16-18-19-20)17-14(21)6-7-15-11-4-5-11/h2-3,8-9,11,15H,4-7H2,1H3,(H,17,21). The Morgan fingerprint density at radius 2 is 2.29 bits per heavy atom. The van der Waals surface area contributed by atoms with Gasteiger partial charge in [0.1, 0.15) is 6.33 Å². The maximum absolute atomic E-state index is 11.9. The van der Waals surface area contributed by atoms with Crippen molar-refractivity contribution in [1.29, 1.82) is 0 Å². The Kier molecular flexibility index (Phi) is 3.92. The Hall–Kier alpha value is -2.28. The number of nitrogens with one attached hydrogen (secondary N) is 2. The lowest BCUT2D eigenvalue weighted by Gasteiger charge is -2.09. The molecule has 3 rings (SSSR count). The third kappa shape index (κ3) is 3.63. The minimum Gasteiger partial charge on any atom is -0.326 e. The van der Waals surface area contributed by atoms with Crippen molar-refractivity contribution in [3.05, 3.63) is 30.1 Å². The van der Waals surface area contributed by atoms with E-state index in [0.717, 1.165) is 23.5 Å². The van der Waals surface area contributed by atoms with Gasteiger partial charge in [-0.15, -0.1) is 5.10 Å². The summed E-state index contributed by atoms with van der Waals surface area (Å²) >= 11 is 0. The van der Waals surface area contributed by atoms with Gasteiger partial charge in [0.25, 0.3) is 0 Å². The number of nitrogens with zero attached hydrogens (tertiary/aromatic N) is 4. The number of amides is 1. The molecule has 2 aromatic rings. The molecule has 21 heavy (non-hydrogen) atoms. The number of benzene rings is 1. The van der Waals surface area contributed by atoms with E-state index < -0.39 is 0 Å². The van der Waals surface area contributed by atoms with Gasteiger partial charge in [0, 0.05) is 24.7 Å². The fourth-order valence-electron chi connectivity index (χ4n) is 2.11. The van der Waals surface area contributed by atoms with Crippen LogP contribution in [0.2, 0.25) is 0 Å². The molecule has 1 aliphatic rings. The van der Waals surface area contributed by atoms with Crippen LogP contribution < -0.4 is 10.6 Å². The van der Waals surface area contributed by atoms with E-state index in [4.69, 9.17) is 0 Å². The first-order chi connectivity index (χ1) is 10.2. The smallest absolute Gasteiger partial charge is 0.225 e. The molecule has 1 aliphatic carbocycles. The Bertz CT molecular complexity index is 620. The Balaban J connectivity index is 1.62. The molecule has 1 fully saturated rings. The summed E-state index contributed by atoms with van der Waals surface area (Å²) in [5.41, 5.74) is 2.65. The van der Waals surface area contributed by atoms with Crippen molar-refractivity contribution in [2.45, 2.75) is 32.2 Å². The van der Waals surface area contributed by atoms with Crippen molar-refractivity contribution >= 4 is 11.6 Å². The summed E-state index contributed by atoms with van der Waals surface area (Å²) in [5, 5.41) is 17.4. The molecule has 7 nitrogen and oxygen atoms in total. The van der Waals surface area contributed by atoms with E-state index in [1.807, 2.05) is 25.1 Å². The van der Waals surface area contributed by atoms with E-state index in [-0.39, 0.29) is 5.91 Å². The van der Waals surface area contributed by atoms with Crippen LogP contribution in [0.5, 0.6) is 0 Å². The average Bonchev–Trinajstić information content (AvgIpc) is 3.13. The zero-order valence-electron chi connectivity index (χ0n) is 11.9. The molecule has 0 radical (unpaired) electrons. The highest BCUT2D eigenvalue weighted by Gasteiger charge is 2.20. The summed E-state index contributed by atoms with van der Waals surface area (Å²) in [6.07, 6.45) is 4.47.